The number of carbonyl (C=O) groups excluding carboxylic acids is 1. The van der Waals surface area contributed by atoms with Crippen LogP contribution < -0.4 is 10.6 Å². The van der Waals surface area contributed by atoms with Gasteiger partial charge in [-0.05, 0) is 26.3 Å². The van der Waals surface area contributed by atoms with E-state index >= 15 is 0 Å². The molecule has 0 bridgehead atoms. The molecule has 0 aromatic rings. The normalized spacial score (nSPS) is 11.8. The fourth-order valence-corrected chi connectivity index (χ4v) is 1.04. The lowest BCUT2D eigenvalue weighted by molar-refractivity contribution is -0.120. The number of nitrogens with one attached hydrogen (secondary N) is 2. The molecule has 0 heterocycles. The second kappa shape index (κ2) is 9.44. The van der Waals surface area contributed by atoms with Crippen molar-refractivity contribution in [1.82, 2.24) is 10.6 Å². The van der Waals surface area contributed by atoms with Gasteiger partial charge in [0.25, 0.3) is 0 Å². The van der Waals surface area contributed by atoms with Crippen LogP contribution in [0.25, 0.3) is 0 Å². The van der Waals surface area contributed by atoms with Crippen LogP contribution in [0.3, 0.4) is 0 Å². The molecule has 0 aromatic carbocycles. The molecule has 0 rings (SSSR count). The van der Waals surface area contributed by atoms with Gasteiger partial charge < -0.3 is 15.7 Å². The number of rotatable bonds is 8. The summed E-state index contributed by atoms with van der Waals surface area (Å²) in [6.45, 7) is 3.14. The van der Waals surface area contributed by atoms with Crippen LogP contribution in [0.5, 0.6) is 0 Å². The van der Waals surface area contributed by atoms with Crippen molar-refractivity contribution in [2.24, 2.45) is 0 Å². The second-order valence-corrected chi connectivity index (χ2v) is 3.43. The number of carbonyl (C=O) groups is 1. The van der Waals surface area contributed by atoms with Crippen LogP contribution in [-0.2, 0) is 4.79 Å². The van der Waals surface area contributed by atoms with Gasteiger partial charge in [0.1, 0.15) is 0 Å². The average molecular weight is 213 g/mol. The molecular formula is C10H19N3O2. The zero-order valence-corrected chi connectivity index (χ0v) is 9.12. The minimum Gasteiger partial charge on any atom is -0.393 e. The Hall–Kier alpha value is -1.12. The number of aliphatic hydroxyl groups excluding tert-OH is 1. The van der Waals surface area contributed by atoms with E-state index in [1.54, 1.807) is 6.92 Å². The monoisotopic (exact) mass is 213 g/mol. The first-order valence-corrected chi connectivity index (χ1v) is 5.19. The lowest BCUT2D eigenvalue weighted by Gasteiger charge is -2.06. The highest BCUT2D eigenvalue weighted by Gasteiger charge is 1.99. The fraction of sp³-hybridized carbons (Fsp3) is 0.800. The van der Waals surface area contributed by atoms with Crippen LogP contribution in [0.1, 0.15) is 26.2 Å². The first kappa shape index (κ1) is 13.9. The van der Waals surface area contributed by atoms with Crippen LogP contribution in [0.2, 0.25) is 0 Å². The van der Waals surface area contributed by atoms with Crippen LogP contribution >= 0.6 is 0 Å². The number of aliphatic hydroxyl groups is 1. The van der Waals surface area contributed by atoms with Crippen molar-refractivity contribution in [3.63, 3.8) is 0 Å². The summed E-state index contributed by atoms with van der Waals surface area (Å²) in [6.07, 6.45) is 1.65. The van der Waals surface area contributed by atoms with Crippen LogP contribution in [-0.4, -0.2) is 36.8 Å². The number of hydrogen-bond acceptors (Lipinski definition) is 4. The molecule has 5 nitrogen and oxygen atoms in total. The summed E-state index contributed by atoms with van der Waals surface area (Å²) >= 11 is 0. The maximum absolute atomic E-state index is 11.1. The summed E-state index contributed by atoms with van der Waals surface area (Å²) in [7, 11) is 0. The van der Waals surface area contributed by atoms with E-state index in [0.29, 0.717) is 13.0 Å². The SMILES string of the molecule is CC(O)CCCNCC(=O)NCCC#N. The Labute approximate surface area is 90.5 Å². The van der Waals surface area contributed by atoms with E-state index in [9.17, 15) is 4.79 Å². The topological polar surface area (TPSA) is 85.2 Å². The van der Waals surface area contributed by atoms with Gasteiger partial charge in [-0.25, -0.2) is 0 Å². The Bertz CT molecular complexity index is 211. The highest BCUT2D eigenvalue weighted by molar-refractivity contribution is 5.77. The molecule has 15 heavy (non-hydrogen) atoms. The summed E-state index contributed by atoms with van der Waals surface area (Å²) in [5, 5.41) is 22.8. The molecular weight excluding hydrogens is 194 g/mol. The van der Waals surface area contributed by atoms with Gasteiger partial charge >= 0.3 is 0 Å². The Kier molecular flexibility index (Phi) is 8.73. The molecule has 0 aliphatic rings. The van der Waals surface area contributed by atoms with Crippen LogP contribution in [0.4, 0.5) is 0 Å². The molecule has 0 saturated carbocycles. The standard InChI is InChI=1S/C10H19N3O2/c1-9(14)4-2-6-12-8-10(15)13-7-3-5-11/h9,12,14H,2-4,6-8H2,1H3,(H,13,15). The maximum atomic E-state index is 11.1. The van der Waals surface area contributed by atoms with E-state index in [1.807, 2.05) is 6.07 Å². The molecule has 0 fully saturated rings. The van der Waals surface area contributed by atoms with E-state index in [0.717, 1.165) is 19.4 Å². The van der Waals surface area contributed by atoms with Gasteiger partial charge in [0, 0.05) is 6.54 Å². The van der Waals surface area contributed by atoms with Crippen molar-refractivity contribution in [3.8, 4) is 6.07 Å². The Morgan fingerprint density at radius 3 is 2.87 bits per heavy atom. The summed E-state index contributed by atoms with van der Waals surface area (Å²) in [5.41, 5.74) is 0. The third-order valence-corrected chi connectivity index (χ3v) is 1.82. The minimum atomic E-state index is -0.281. The molecule has 0 aliphatic heterocycles. The van der Waals surface area contributed by atoms with Gasteiger partial charge in [-0.2, -0.15) is 5.26 Å². The maximum Gasteiger partial charge on any atom is 0.233 e. The third-order valence-electron chi connectivity index (χ3n) is 1.82. The van der Waals surface area contributed by atoms with Gasteiger partial charge in [-0.3, -0.25) is 4.79 Å². The van der Waals surface area contributed by atoms with Crippen molar-refractivity contribution >= 4 is 5.91 Å². The predicted molar refractivity (Wildman–Crippen MR) is 57.0 cm³/mol. The Morgan fingerprint density at radius 1 is 1.53 bits per heavy atom. The molecule has 0 aliphatic carbocycles. The van der Waals surface area contributed by atoms with Crippen molar-refractivity contribution in [2.45, 2.75) is 32.3 Å². The zero-order chi connectivity index (χ0) is 11.5. The van der Waals surface area contributed by atoms with E-state index in [4.69, 9.17) is 10.4 Å². The lowest BCUT2D eigenvalue weighted by Crippen LogP contribution is -2.34. The van der Waals surface area contributed by atoms with Crippen molar-refractivity contribution < 1.29 is 9.90 Å². The molecule has 0 aromatic heterocycles. The van der Waals surface area contributed by atoms with Crippen molar-refractivity contribution in [2.75, 3.05) is 19.6 Å². The summed E-state index contributed by atoms with van der Waals surface area (Å²) in [6, 6.07) is 1.95. The molecule has 0 spiro atoms. The first-order valence-electron chi connectivity index (χ1n) is 5.19. The van der Waals surface area contributed by atoms with E-state index < -0.39 is 0 Å². The third kappa shape index (κ3) is 10.8. The minimum absolute atomic E-state index is 0.0951. The second-order valence-electron chi connectivity index (χ2n) is 3.43. The predicted octanol–water partition coefficient (Wildman–Crippen LogP) is -0.233. The van der Waals surface area contributed by atoms with Crippen molar-refractivity contribution in [3.05, 3.63) is 0 Å². The van der Waals surface area contributed by atoms with Gasteiger partial charge in [-0.15, -0.1) is 0 Å². The molecule has 0 saturated heterocycles. The van der Waals surface area contributed by atoms with E-state index in [1.165, 1.54) is 0 Å². The van der Waals surface area contributed by atoms with E-state index in [2.05, 4.69) is 10.6 Å². The molecule has 86 valence electrons. The fourth-order valence-electron chi connectivity index (χ4n) is 1.04. The lowest BCUT2D eigenvalue weighted by atomic mass is 10.2. The Balaban J connectivity index is 3.21. The quantitative estimate of drug-likeness (QED) is 0.486. The van der Waals surface area contributed by atoms with Crippen molar-refractivity contribution in [1.29, 1.82) is 5.26 Å². The summed E-state index contributed by atoms with van der Waals surface area (Å²) in [4.78, 5) is 11.1. The zero-order valence-electron chi connectivity index (χ0n) is 9.12. The van der Waals surface area contributed by atoms with Gasteiger partial charge in [0.2, 0.25) is 5.91 Å². The molecule has 0 radical (unpaired) electrons. The number of amides is 1. The number of hydrogen-bond donors (Lipinski definition) is 3. The van der Waals surface area contributed by atoms with Gasteiger partial charge in [-0.1, -0.05) is 0 Å². The first-order chi connectivity index (χ1) is 7.16. The Morgan fingerprint density at radius 2 is 2.27 bits per heavy atom. The van der Waals surface area contributed by atoms with Crippen LogP contribution in [0.15, 0.2) is 0 Å². The smallest absolute Gasteiger partial charge is 0.233 e. The van der Waals surface area contributed by atoms with E-state index in [-0.39, 0.29) is 18.6 Å². The van der Waals surface area contributed by atoms with Gasteiger partial charge in [0.05, 0.1) is 25.1 Å². The highest BCUT2D eigenvalue weighted by atomic mass is 16.3. The number of nitrogens with zero attached hydrogens (tertiary/aromatic N) is 1. The summed E-state index contributed by atoms with van der Waals surface area (Å²) < 4.78 is 0. The average Bonchev–Trinajstić information content (AvgIpc) is 2.17. The molecule has 5 heteroatoms. The highest BCUT2D eigenvalue weighted by Crippen LogP contribution is 1.92. The van der Waals surface area contributed by atoms with Crippen LogP contribution in [0, 0.1) is 11.3 Å². The largest absolute Gasteiger partial charge is 0.393 e. The molecule has 1 amide bonds. The molecule has 1 unspecified atom stereocenters. The molecule has 1 atom stereocenters. The number of nitriles is 1. The molecule has 3 N–H and O–H groups in total. The summed E-state index contributed by atoms with van der Waals surface area (Å²) in [5.74, 6) is -0.0951. The van der Waals surface area contributed by atoms with Gasteiger partial charge in [0.15, 0.2) is 0 Å².